The van der Waals surface area contributed by atoms with Crippen molar-refractivity contribution < 1.29 is 0 Å². The van der Waals surface area contributed by atoms with Crippen molar-refractivity contribution in [3.05, 3.63) is 188 Å². The van der Waals surface area contributed by atoms with Crippen molar-refractivity contribution in [1.82, 2.24) is 0 Å². The highest BCUT2D eigenvalue weighted by atomic mass is 79.9. The van der Waals surface area contributed by atoms with Gasteiger partial charge in [0.2, 0.25) is 0 Å². The minimum Gasteiger partial charge on any atom is -0.0649 e. The summed E-state index contributed by atoms with van der Waals surface area (Å²) in [6, 6.07) is 54.1. The van der Waals surface area contributed by atoms with Crippen molar-refractivity contribution in [1.29, 1.82) is 0 Å². The van der Waals surface area contributed by atoms with Crippen molar-refractivity contribution in [3.63, 3.8) is 0 Å². The van der Waals surface area contributed by atoms with E-state index in [1.54, 1.807) is 0 Å². The first-order chi connectivity index (χ1) is 24.4. The Morgan fingerprint density at radius 1 is 0.440 bits per heavy atom. The van der Waals surface area contributed by atoms with Crippen molar-refractivity contribution in [2.24, 2.45) is 5.92 Å². The van der Waals surface area contributed by atoms with E-state index in [0.717, 1.165) is 0 Å². The maximum Gasteiger partial charge on any atom is 0.0257 e. The first kappa shape index (κ1) is 33.7. The second-order valence-electron chi connectivity index (χ2n) is 13.5. The highest BCUT2D eigenvalue weighted by Crippen LogP contribution is 2.53. The number of benzene rings is 6. The highest BCUT2D eigenvalue weighted by molar-refractivity contribution is 9.10. The first-order valence-corrected chi connectivity index (χ1v) is 21.5. The third-order valence-corrected chi connectivity index (χ3v) is 16.4. The Kier molecular flexibility index (Phi) is 9.67. The summed E-state index contributed by atoms with van der Waals surface area (Å²) in [5, 5.41) is 8.29. The SMILES string of the molecule is CC1=Cc2c(Br)cc(P(c3ccccc3)c3ccccc3)cc2C1C(C)C1C(C)=Cc2c(Br)cc(P(c3ccccc3)c3ccccc3)cc21. The number of hydrogen-bond acceptors (Lipinski definition) is 0. The van der Waals surface area contributed by atoms with Gasteiger partial charge in [0, 0.05) is 20.8 Å². The molecular weight excluding hydrogens is 774 g/mol. The van der Waals surface area contributed by atoms with E-state index < -0.39 is 15.8 Å². The molecule has 0 radical (unpaired) electrons. The van der Waals surface area contributed by atoms with Crippen LogP contribution in [0.5, 0.6) is 0 Å². The van der Waals surface area contributed by atoms with Crippen LogP contribution in [0.15, 0.2) is 166 Å². The van der Waals surface area contributed by atoms with Gasteiger partial charge in [0.1, 0.15) is 0 Å². The lowest BCUT2D eigenvalue weighted by molar-refractivity contribution is 0.455. The second-order valence-corrected chi connectivity index (χ2v) is 19.6. The third-order valence-electron chi connectivity index (χ3n) is 10.3. The van der Waals surface area contributed by atoms with E-state index in [9.17, 15) is 0 Å². The Morgan fingerprint density at radius 2 is 0.740 bits per heavy atom. The molecule has 0 aromatic heterocycles. The lowest BCUT2D eigenvalue weighted by atomic mass is 9.73. The van der Waals surface area contributed by atoms with Crippen LogP contribution in [-0.4, -0.2) is 0 Å². The minimum absolute atomic E-state index is 0.316. The van der Waals surface area contributed by atoms with Gasteiger partial charge in [-0.3, -0.25) is 0 Å². The van der Waals surface area contributed by atoms with Gasteiger partial charge in [-0.05, 0) is 114 Å². The van der Waals surface area contributed by atoms with Crippen LogP contribution in [0, 0.1) is 5.92 Å². The minimum atomic E-state index is -0.712. The Balaban J connectivity index is 1.22. The summed E-state index contributed by atoms with van der Waals surface area (Å²) in [5.41, 5.74) is 8.47. The fraction of sp³-hybridized carbons (Fsp3) is 0.130. The fourth-order valence-electron chi connectivity index (χ4n) is 8.24. The third kappa shape index (κ3) is 6.24. The molecule has 0 bridgehead atoms. The van der Waals surface area contributed by atoms with Crippen LogP contribution in [0.2, 0.25) is 0 Å². The molecule has 6 aromatic rings. The summed E-state index contributed by atoms with van der Waals surface area (Å²) in [6.07, 6.45) is 4.87. The monoisotopic (exact) mass is 810 g/mol. The van der Waals surface area contributed by atoms with E-state index in [4.69, 9.17) is 0 Å². The molecule has 6 aromatic carbocycles. The quantitative estimate of drug-likeness (QED) is 0.134. The number of fused-ring (bicyclic) bond motifs is 2. The molecule has 0 heterocycles. The lowest BCUT2D eigenvalue weighted by Crippen LogP contribution is -2.24. The molecule has 8 rings (SSSR count). The number of rotatable bonds is 8. The van der Waals surface area contributed by atoms with Crippen molar-refractivity contribution in [3.8, 4) is 0 Å². The van der Waals surface area contributed by atoms with E-state index in [1.165, 1.54) is 74.2 Å². The van der Waals surface area contributed by atoms with Crippen LogP contribution < -0.4 is 31.8 Å². The van der Waals surface area contributed by atoms with E-state index in [2.05, 4.69) is 210 Å². The van der Waals surface area contributed by atoms with Crippen molar-refractivity contribution in [2.45, 2.75) is 32.6 Å². The van der Waals surface area contributed by atoms with Crippen LogP contribution >= 0.6 is 47.7 Å². The molecule has 50 heavy (non-hydrogen) atoms. The van der Waals surface area contributed by atoms with Gasteiger partial charge in [0.25, 0.3) is 0 Å². The molecule has 2 aliphatic rings. The van der Waals surface area contributed by atoms with E-state index in [1.807, 2.05) is 0 Å². The predicted octanol–water partition coefficient (Wildman–Crippen LogP) is 11.1. The standard InChI is InChI=1S/C46H38Br2P2/c1-30-24-39-41(26-37(28-43(39)47)49(33-16-8-4-9-17-33)34-18-10-5-11-19-34)45(30)32(3)46-31(2)25-40-42(46)27-38(29-44(40)48)50(35-20-12-6-13-21-35)36-22-14-7-15-23-36/h4-29,32,45-46H,1-3H3. The number of halogens is 2. The van der Waals surface area contributed by atoms with E-state index in [-0.39, 0.29) is 0 Å². The van der Waals surface area contributed by atoms with Crippen LogP contribution in [0.25, 0.3) is 12.2 Å². The molecule has 2 unspecified atom stereocenters. The average molecular weight is 813 g/mol. The predicted molar refractivity (Wildman–Crippen MR) is 228 cm³/mol. The van der Waals surface area contributed by atoms with Gasteiger partial charge in [-0.2, -0.15) is 0 Å². The van der Waals surface area contributed by atoms with Crippen LogP contribution in [0.1, 0.15) is 54.9 Å². The molecule has 0 aliphatic heterocycles. The summed E-state index contributed by atoms with van der Waals surface area (Å²) in [5.74, 6) is 1.00. The molecule has 2 atom stereocenters. The summed E-state index contributed by atoms with van der Waals surface area (Å²) < 4.78 is 2.39. The van der Waals surface area contributed by atoms with E-state index >= 15 is 0 Å². The maximum absolute atomic E-state index is 4.07. The average Bonchev–Trinajstić information content (AvgIpc) is 3.66. The van der Waals surface area contributed by atoms with Crippen molar-refractivity contribution in [2.75, 3.05) is 0 Å². The van der Waals surface area contributed by atoms with Gasteiger partial charge in [0.05, 0.1) is 0 Å². The van der Waals surface area contributed by atoms with Gasteiger partial charge < -0.3 is 0 Å². The topological polar surface area (TPSA) is 0 Å². The maximum atomic E-state index is 4.07. The molecule has 246 valence electrons. The van der Waals surface area contributed by atoms with Gasteiger partial charge >= 0.3 is 0 Å². The Hall–Kier alpha value is -3.38. The van der Waals surface area contributed by atoms with Crippen LogP contribution in [0.3, 0.4) is 0 Å². The Morgan fingerprint density at radius 3 is 1.04 bits per heavy atom. The van der Waals surface area contributed by atoms with Gasteiger partial charge in [-0.15, -0.1) is 0 Å². The summed E-state index contributed by atoms with van der Waals surface area (Å²) >= 11 is 8.13. The molecule has 0 saturated carbocycles. The molecule has 0 saturated heterocycles. The highest BCUT2D eigenvalue weighted by Gasteiger charge is 2.39. The molecular formula is C46H38Br2P2. The van der Waals surface area contributed by atoms with E-state index in [0.29, 0.717) is 17.8 Å². The summed E-state index contributed by atoms with van der Waals surface area (Å²) in [4.78, 5) is 0. The zero-order chi connectivity index (χ0) is 34.4. The number of hydrogen-bond donors (Lipinski definition) is 0. The smallest absolute Gasteiger partial charge is 0.0257 e. The van der Waals surface area contributed by atoms with Gasteiger partial charge in [-0.1, -0.05) is 183 Å². The van der Waals surface area contributed by atoms with Gasteiger partial charge in [-0.25, -0.2) is 0 Å². The molecule has 4 heteroatoms. The second kappa shape index (κ2) is 14.3. The molecule has 0 fully saturated rings. The zero-order valence-corrected chi connectivity index (χ0v) is 33.4. The van der Waals surface area contributed by atoms with Crippen LogP contribution in [0.4, 0.5) is 0 Å². The lowest BCUT2D eigenvalue weighted by Gasteiger charge is -2.31. The Labute approximate surface area is 316 Å². The number of allylic oxidation sites excluding steroid dienone is 2. The van der Waals surface area contributed by atoms with Gasteiger partial charge in [0.15, 0.2) is 0 Å². The largest absolute Gasteiger partial charge is 0.0649 e. The molecule has 0 N–H and O–H groups in total. The summed E-state index contributed by atoms with van der Waals surface area (Å²) in [6.45, 7) is 7.18. The van der Waals surface area contributed by atoms with Crippen molar-refractivity contribution >= 4 is 91.7 Å². The molecule has 0 spiro atoms. The molecule has 0 nitrogen and oxygen atoms in total. The summed E-state index contributed by atoms with van der Waals surface area (Å²) in [7, 11) is -1.42. The zero-order valence-electron chi connectivity index (χ0n) is 28.4. The molecule has 2 aliphatic carbocycles. The normalized spacial score (nSPS) is 17.0. The Bertz CT molecular complexity index is 1990. The fourth-order valence-corrected chi connectivity index (χ4v) is 14.5. The first-order valence-electron chi connectivity index (χ1n) is 17.2. The van der Waals surface area contributed by atoms with Crippen LogP contribution in [-0.2, 0) is 0 Å². The molecule has 0 amide bonds.